The van der Waals surface area contributed by atoms with Gasteiger partial charge >= 0.3 is 11.3 Å². The van der Waals surface area contributed by atoms with E-state index in [2.05, 4.69) is 0 Å². The summed E-state index contributed by atoms with van der Waals surface area (Å²) in [4.78, 5) is 10.7. The van der Waals surface area contributed by atoms with Crippen LogP contribution in [0, 0.1) is 10.1 Å². The smallest absolute Gasteiger partial charge is 0.365 e. The molecule has 5 nitrogen and oxygen atoms in total. The van der Waals surface area contributed by atoms with Crippen LogP contribution in [0.4, 0.5) is 5.69 Å². The molecule has 2 heterocycles. The summed E-state index contributed by atoms with van der Waals surface area (Å²) in [7, 11) is 1.84. The number of nitro groups is 1. The van der Waals surface area contributed by atoms with Crippen LogP contribution < -0.4 is 28.4 Å². The van der Waals surface area contributed by atoms with Crippen LogP contribution in [0.3, 0.4) is 0 Å². The Balaban J connectivity index is 0.00000147. The van der Waals surface area contributed by atoms with Crippen molar-refractivity contribution in [1.82, 2.24) is 4.57 Å². The van der Waals surface area contributed by atoms with E-state index in [1.54, 1.807) is 10.5 Å². The van der Waals surface area contributed by atoms with Gasteiger partial charge in [0.1, 0.15) is 6.20 Å². The molecule has 0 fully saturated rings. The third-order valence-electron chi connectivity index (χ3n) is 3.18. The number of aryl methyl sites for hydroxylation is 1. The van der Waals surface area contributed by atoms with Crippen molar-refractivity contribution in [1.29, 1.82) is 0 Å². The number of hydrogen-bond acceptors (Lipinski definition) is 2. The van der Waals surface area contributed by atoms with E-state index in [0.717, 1.165) is 11.3 Å². The lowest BCUT2D eigenvalue weighted by Crippen LogP contribution is -3.00. The van der Waals surface area contributed by atoms with Gasteiger partial charge in [-0.15, -0.1) is 0 Å². The summed E-state index contributed by atoms with van der Waals surface area (Å²) in [6, 6.07) is 13.0. The molecule has 3 rings (SSSR count). The van der Waals surface area contributed by atoms with Gasteiger partial charge in [-0.1, -0.05) is 30.3 Å². The number of benzene rings is 1. The van der Waals surface area contributed by atoms with Crippen molar-refractivity contribution in [3.8, 4) is 11.3 Å². The molecule has 6 heteroatoms. The molecule has 0 saturated carbocycles. The third kappa shape index (κ3) is 2.26. The number of imidazole rings is 1. The van der Waals surface area contributed by atoms with Crippen LogP contribution in [0.15, 0.2) is 54.9 Å². The Hall–Kier alpha value is -1.96. The first kappa shape index (κ1) is 14.4. The number of fused-ring (bicyclic) bond motifs is 1. The largest absolute Gasteiger partial charge is 1.00 e. The van der Waals surface area contributed by atoms with Gasteiger partial charge in [-0.05, 0) is 6.07 Å². The first-order chi connectivity index (χ1) is 9.18. The fourth-order valence-corrected chi connectivity index (χ4v) is 2.31. The van der Waals surface area contributed by atoms with Crippen molar-refractivity contribution in [2.45, 2.75) is 0 Å². The molecule has 2 aromatic heterocycles. The molecule has 0 saturated heterocycles. The SMILES string of the molecule is Cn1c(-c2ccccc2)c[n+]2cccc([N+](=O)[O-])c12.[I-]. The standard InChI is InChI=1S/C14H12N3O2.HI/c1-15-13(11-6-3-2-4-7-11)10-16-9-5-8-12(14(15)16)17(18)19;/h2-10H,1H3;1H/q+1;/p-1. The third-order valence-corrected chi connectivity index (χ3v) is 3.18. The molecular formula is C14H12IN3O2. The van der Waals surface area contributed by atoms with Gasteiger partial charge in [-0.2, -0.15) is 4.40 Å². The molecule has 20 heavy (non-hydrogen) atoms. The number of nitrogens with zero attached hydrogens (tertiary/aromatic N) is 3. The normalized spacial score (nSPS) is 10.2. The van der Waals surface area contributed by atoms with Gasteiger partial charge in [-0.3, -0.25) is 10.1 Å². The van der Waals surface area contributed by atoms with Crippen molar-refractivity contribution in [2.75, 3.05) is 0 Å². The van der Waals surface area contributed by atoms with E-state index in [1.165, 1.54) is 6.07 Å². The number of aromatic nitrogens is 2. The maximum absolute atomic E-state index is 11.1. The summed E-state index contributed by atoms with van der Waals surface area (Å²) in [5, 5.41) is 11.1. The lowest BCUT2D eigenvalue weighted by molar-refractivity contribution is -0.516. The second-order valence-electron chi connectivity index (χ2n) is 4.32. The van der Waals surface area contributed by atoms with E-state index in [1.807, 2.05) is 54.3 Å². The Labute approximate surface area is 132 Å². The highest BCUT2D eigenvalue weighted by atomic mass is 127. The second-order valence-corrected chi connectivity index (χ2v) is 4.32. The van der Waals surface area contributed by atoms with Gasteiger partial charge in [0.2, 0.25) is 0 Å². The molecule has 0 unspecified atom stereocenters. The van der Waals surface area contributed by atoms with E-state index in [4.69, 9.17) is 0 Å². The zero-order valence-corrected chi connectivity index (χ0v) is 12.9. The Morgan fingerprint density at radius 3 is 2.50 bits per heavy atom. The summed E-state index contributed by atoms with van der Waals surface area (Å²) in [5.41, 5.74) is 2.65. The quantitative estimate of drug-likeness (QED) is 0.256. The Morgan fingerprint density at radius 2 is 1.85 bits per heavy atom. The number of halogens is 1. The van der Waals surface area contributed by atoms with Crippen molar-refractivity contribution < 1.29 is 33.3 Å². The van der Waals surface area contributed by atoms with Crippen LogP contribution in [0.2, 0.25) is 0 Å². The summed E-state index contributed by atoms with van der Waals surface area (Å²) in [6.07, 6.45) is 3.71. The number of pyridine rings is 1. The first-order valence-corrected chi connectivity index (χ1v) is 5.88. The topological polar surface area (TPSA) is 52.2 Å². The van der Waals surface area contributed by atoms with Crippen molar-refractivity contribution in [3.63, 3.8) is 0 Å². The molecule has 0 N–H and O–H groups in total. The second kappa shape index (κ2) is 5.58. The van der Waals surface area contributed by atoms with Gasteiger partial charge in [0.05, 0.1) is 18.2 Å². The highest BCUT2D eigenvalue weighted by Gasteiger charge is 2.25. The average molecular weight is 381 g/mol. The molecule has 0 aliphatic rings. The van der Waals surface area contributed by atoms with E-state index < -0.39 is 0 Å². The van der Waals surface area contributed by atoms with Crippen molar-refractivity contribution in [2.24, 2.45) is 7.05 Å². The fraction of sp³-hybridized carbons (Fsp3) is 0.0714. The zero-order valence-electron chi connectivity index (χ0n) is 10.7. The molecule has 102 valence electrons. The zero-order chi connectivity index (χ0) is 13.4. The molecular weight excluding hydrogens is 369 g/mol. The van der Waals surface area contributed by atoms with Crippen LogP contribution in [-0.4, -0.2) is 9.49 Å². The van der Waals surface area contributed by atoms with E-state index >= 15 is 0 Å². The lowest BCUT2D eigenvalue weighted by Gasteiger charge is -1.96. The van der Waals surface area contributed by atoms with E-state index in [-0.39, 0.29) is 34.6 Å². The molecule has 0 spiro atoms. The van der Waals surface area contributed by atoms with Gasteiger partial charge < -0.3 is 24.0 Å². The highest BCUT2D eigenvalue weighted by molar-refractivity contribution is 5.65. The Bertz CT molecular complexity index is 769. The predicted octanol–water partition coefficient (Wildman–Crippen LogP) is -0.657. The molecule has 3 aromatic rings. The van der Waals surface area contributed by atoms with Gasteiger partial charge in [-0.25, -0.2) is 4.57 Å². The van der Waals surface area contributed by atoms with E-state index in [9.17, 15) is 10.1 Å². The average Bonchev–Trinajstić information content (AvgIpc) is 2.77. The first-order valence-electron chi connectivity index (χ1n) is 5.88. The number of rotatable bonds is 2. The number of hydrogen-bond donors (Lipinski definition) is 0. The molecule has 0 radical (unpaired) electrons. The summed E-state index contributed by atoms with van der Waals surface area (Å²) >= 11 is 0. The van der Waals surface area contributed by atoms with Crippen LogP contribution in [0.1, 0.15) is 0 Å². The van der Waals surface area contributed by atoms with Crippen LogP contribution in [-0.2, 0) is 7.05 Å². The van der Waals surface area contributed by atoms with Crippen LogP contribution >= 0.6 is 0 Å². The minimum Gasteiger partial charge on any atom is -1.00 e. The molecule has 0 bridgehead atoms. The summed E-state index contributed by atoms with van der Waals surface area (Å²) in [5.74, 6) is 0. The van der Waals surface area contributed by atoms with Gasteiger partial charge in [0.25, 0.3) is 0 Å². The molecule has 0 aliphatic heterocycles. The monoisotopic (exact) mass is 381 g/mol. The van der Waals surface area contributed by atoms with Crippen LogP contribution in [0.25, 0.3) is 16.9 Å². The maximum Gasteiger partial charge on any atom is 0.365 e. The Morgan fingerprint density at radius 1 is 1.15 bits per heavy atom. The van der Waals surface area contributed by atoms with Gasteiger partial charge in [0, 0.05) is 11.6 Å². The van der Waals surface area contributed by atoms with E-state index in [0.29, 0.717) is 5.65 Å². The minimum atomic E-state index is -0.357. The van der Waals surface area contributed by atoms with Crippen molar-refractivity contribution in [3.05, 3.63) is 65.0 Å². The summed E-state index contributed by atoms with van der Waals surface area (Å²) in [6.45, 7) is 0. The van der Waals surface area contributed by atoms with Gasteiger partial charge in [0.15, 0.2) is 5.69 Å². The lowest BCUT2D eigenvalue weighted by atomic mass is 10.2. The highest BCUT2D eigenvalue weighted by Crippen LogP contribution is 2.23. The van der Waals surface area contributed by atoms with Crippen molar-refractivity contribution >= 4 is 11.3 Å². The maximum atomic E-state index is 11.1. The molecule has 0 atom stereocenters. The fourth-order valence-electron chi connectivity index (χ4n) is 2.31. The Kier molecular flexibility index (Phi) is 4.03. The minimum absolute atomic E-state index is 0. The molecule has 0 aliphatic carbocycles. The predicted molar refractivity (Wildman–Crippen MR) is 70.7 cm³/mol. The summed E-state index contributed by atoms with van der Waals surface area (Å²) < 4.78 is 3.62. The molecule has 0 amide bonds. The van der Waals surface area contributed by atoms with Crippen LogP contribution in [0.5, 0.6) is 0 Å². The molecule has 1 aromatic carbocycles.